The molecule has 178 valence electrons. The second-order valence-corrected chi connectivity index (χ2v) is 9.09. The highest BCUT2D eigenvalue weighted by Crippen LogP contribution is 2.28. The Kier molecular flexibility index (Phi) is 8.24. The number of hydrogen-bond donors (Lipinski definition) is 1. The van der Waals surface area contributed by atoms with Crippen LogP contribution in [0.15, 0.2) is 9.64 Å². The molecule has 15 heteroatoms. The Morgan fingerprint density at radius 2 is 1.90 bits per heavy atom. The van der Waals surface area contributed by atoms with E-state index < -0.39 is 59.1 Å². The molecule has 31 heavy (non-hydrogen) atoms. The van der Waals surface area contributed by atoms with Crippen LogP contribution >= 0.6 is 0 Å². The number of alkyl carbamates (subject to hydrolysis) is 1. The normalized spacial score (nSPS) is 20.5. The molecule has 0 unspecified atom stereocenters. The van der Waals surface area contributed by atoms with Gasteiger partial charge in [0, 0.05) is 0 Å². The lowest BCUT2D eigenvalue weighted by Crippen LogP contribution is -2.43. The second-order valence-electron chi connectivity index (χ2n) is 7.59. The van der Waals surface area contributed by atoms with Crippen molar-refractivity contribution in [3.63, 3.8) is 0 Å². The van der Waals surface area contributed by atoms with Gasteiger partial charge in [-0.1, -0.05) is 5.10 Å². The van der Waals surface area contributed by atoms with E-state index in [2.05, 4.69) is 24.4 Å². The van der Waals surface area contributed by atoms with Crippen LogP contribution in [0, 0.1) is 0 Å². The number of hydrogen-bond acceptors (Lipinski definition) is 10. The van der Waals surface area contributed by atoms with Crippen molar-refractivity contribution in [3.05, 3.63) is 5.89 Å². The monoisotopic (exact) mass is 475 g/mol. The van der Waals surface area contributed by atoms with Crippen LogP contribution in [0.4, 0.5) is 18.0 Å². The molecule has 1 amide bonds. The average molecular weight is 475 g/mol. The topological polar surface area (TPSA) is 139 Å². The molecule has 0 spiro atoms. The molecule has 1 N–H and O–H groups in total. The Morgan fingerprint density at radius 1 is 1.19 bits per heavy atom. The van der Waals surface area contributed by atoms with Crippen LogP contribution in [0.2, 0.25) is 0 Å². The molecule has 2 atom stereocenters. The number of carbonyl (C=O) groups excluding carboxylic acids is 1. The number of halogens is 3. The van der Waals surface area contributed by atoms with Crippen molar-refractivity contribution < 1.29 is 49.2 Å². The highest BCUT2D eigenvalue weighted by Gasteiger charge is 2.32. The standard InChI is InChI=1S/C16H24F3N3O8S/c1-15(2,3)30-13(23)20-10-4-5-11(27-8-10)12-21-22-14(29-12)31(24,25)28-7-6-26-9-16(17,18)19/h10-11H,4-9H2,1-3H3,(H,20,23)/t10-,11+/m1/s1. The highest BCUT2D eigenvalue weighted by molar-refractivity contribution is 7.86. The summed E-state index contributed by atoms with van der Waals surface area (Å²) in [6.45, 7) is 2.54. The number of aromatic nitrogens is 2. The van der Waals surface area contributed by atoms with E-state index >= 15 is 0 Å². The van der Waals surface area contributed by atoms with Crippen LogP contribution in [0.5, 0.6) is 0 Å². The minimum absolute atomic E-state index is 0.105. The SMILES string of the molecule is CC(C)(C)OC(=O)N[C@@H]1CC[C@@H](c2nnc(S(=O)(=O)OCCOCC(F)(F)F)o2)OC1. The number of amides is 1. The smallest absolute Gasteiger partial charge is 0.411 e. The van der Waals surface area contributed by atoms with Gasteiger partial charge in [-0.2, -0.15) is 21.6 Å². The lowest BCUT2D eigenvalue weighted by molar-refractivity contribution is -0.175. The Morgan fingerprint density at radius 3 is 2.48 bits per heavy atom. The summed E-state index contributed by atoms with van der Waals surface area (Å²) in [4.78, 5) is 11.8. The number of rotatable bonds is 8. The summed E-state index contributed by atoms with van der Waals surface area (Å²) in [5.41, 5.74) is -0.639. The molecule has 1 aliphatic heterocycles. The summed E-state index contributed by atoms with van der Waals surface area (Å²) in [6.07, 6.45) is -4.96. The van der Waals surface area contributed by atoms with Gasteiger partial charge in [0.1, 0.15) is 18.3 Å². The molecule has 2 rings (SSSR count). The molecular formula is C16H24F3N3O8S. The average Bonchev–Trinajstić information content (AvgIpc) is 3.10. The summed E-state index contributed by atoms with van der Waals surface area (Å²) in [6, 6.07) is -0.308. The van der Waals surface area contributed by atoms with E-state index in [4.69, 9.17) is 13.9 Å². The van der Waals surface area contributed by atoms with Gasteiger partial charge < -0.3 is 23.9 Å². The first-order valence-corrected chi connectivity index (χ1v) is 10.6. The van der Waals surface area contributed by atoms with Crippen molar-refractivity contribution in [1.29, 1.82) is 0 Å². The third kappa shape index (κ3) is 8.96. The quantitative estimate of drug-likeness (QED) is 0.439. The van der Waals surface area contributed by atoms with Crippen LogP contribution in [-0.2, 0) is 28.5 Å². The molecule has 2 heterocycles. The molecule has 0 aromatic carbocycles. The van der Waals surface area contributed by atoms with E-state index in [-0.39, 0.29) is 18.5 Å². The third-order valence-electron chi connectivity index (χ3n) is 3.64. The second kappa shape index (κ2) is 10.1. The van der Waals surface area contributed by atoms with Crippen molar-refractivity contribution in [2.75, 3.05) is 26.4 Å². The molecule has 11 nitrogen and oxygen atoms in total. The minimum Gasteiger partial charge on any atom is -0.444 e. The van der Waals surface area contributed by atoms with Crippen molar-refractivity contribution >= 4 is 16.2 Å². The summed E-state index contributed by atoms with van der Waals surface area (Å²) >= 11 is 0. The van der Waals surface area contributed by atoms with E-state index in [1.807, 2.05) is 0 Å². The number of ether oxygens (including phenoxy) is 3. The molecule has 0 bridgehead atoms. The van der Waals surface area contributed by atoms with Gasteiger partial charge in [0.05, 0.1) is 25.9 Å². The van der Waals surface area contributed by atoms with E-state index in [1.165, 1.54) is 0 Å². The van der Waals surface area contributed by atoms with Gasteiger partial charge in [-0.25, -0.2) is 4.79 Å². The Labute approximate surface area is 176 Å². The first-order valence-electron chi connectivity index (χ1n) is 9.23. The molecule has 0 radical (unpaired) electrons. The van der Waals surface area contributed by atoms with Crippen LogP contribution in [0.3, 0.4) is 0 Å². The van der Waals surface area contributed by atoms with Crippen molar-refractivity contribution in [1.82, 2.24) is 15.5 Å². The lowest BCUT2D eigenvalue weighted by atomic mass is 10.1. The predicted molar refractivity (Wildman–Crippen MR) is 95.4 cm³/mol. The van der Waals surface area contributed by atoms with Crippen LogP contribution < -0.4 is 5.32 Å². The Hall–Kier alpha value is -1.97. The highest BCUT2D eigenvalue weighted by atomic mass is 32.2. The summed E-state index contributed by atoms with van der Waals surface area (Å²) in [5.74, 6) is -0.105. The van der Waals surface area contributed by atoms with Crippen LogP contribution in [-0.4, -0.2) is 69.0 Å². The van der Waals surface area contributed by atoms with E-state index in [0.29, 0.717) is 12.8 Å². The zero-order valence-corrected chi connectivity index (χ0v) is 17.9. The fraction of sp³-hybridized carbons (Fsp3) is 0.812. The fourth-order valence-corrected chi connectivity index (χ4v) is 3.14. The van der Waals surface area contributed by atoms with Gasteiger partial charge in [-0.3, -0.25) is 4.18 Å². The summed E-state index contributed by atoms with van der Waals surface area (Å²) in [7, 11) is -4.47. The van der Waals surface area contributed by atoms with Gasteiger partial charge in [-0.05, 0) is 33.6 Å². The minimum atomic E-state index is -4.53. The number of alkyl halides is 3. The van der Waals surface area contributed by atoms with Crippen molar-refractivity contribution in [2.45, 2.75) is 62.8 Å². The maximum atomic E-state index is 12.0. The van der Waals surface area contributed by atoms with E-state index in [1.54, 1.807) is 20.8 Å². The van der Waals surface area contributed by atoms with Crippen LogP contribution in [0.1, 0.15) is 45.6 Å². The van der Waals surface area contributed by atoms with Crippen molar-refractivity contribution in [2.24, 2.45) is 0 Å². The molecule has 0 saturated carbocycles. The van der Waals surface area contributed by atoms with Gasteiger partial charge in [0.2, 0.25) is 5.89 Å². The molecule has 1 aromatic rings. The summed E-state index contributed by atoms with van der Waals surface area (Å²) < 4.78 is 84.4. The number of nitrogens with one attached hydrogen (secondary N) is 1. The molecule has 1 fully saturated rings. The van der Waals surface area contributed by atoms with E-state index in [9.17, 15) is 26.4 Å². The van der Waals surface area contributed by atoms with Crippen molar-refractivity contribution in [3.8, 4) is 0 Å². The third-order valence-corrected chi connectivity index (χ3v) is 4.71. The van der Waals surface area contributed by atoms with Gasteiger partial charge >= 0.3 is 27.6 Å². The number of nitrogens with zero attached hydrogens (tertiary/aromatic N) is 2. The van der Waals surface area contributed by atoms with E-state index in [0.717, 1.165) is 0 Å². The van der Waals surface area contributed by atoms with Gasteiger partial charge in [0.25, 0.3) is 0 Å². The molecular weight excluding hydrogens is 451 g/mol. The zero-order valence-electron chi connectivity index (χ0n) is 17.1. The van der Waals surface area contributed by atoms with Crippen LogP contribution in [0.25, 0.3) is 0 Å². The Balaban J connectivity index is 1.80. The number of carbonyl (C=O) groups is 1. The Bertz CT molecular complexity index is 830. The maximum absolute atomic E-state index is 12.0. The molecule has 1 aromatic heterocycles. The lowest BCUT2D eigenvalue weighted by Gasteiger charge is -2.28. The summed E-state index contributed by atoms with van der Waals surface area (Å²) in [5, 5.41) is 8.83. The largest absolute Gasteiger partial charge is 0.444 e. The first kappa shape index (κ1) is 25.3. The maximum Gasteiger partial charge on any atom is 0.411 e. The molecule has 0 aliphatic carbocycles. The van der Waals surface area contributed by atoms with Gasteiger partial charge in [-0.15, -0.1) is 5.10 Å². The molecule has 1 saturated heterocycles. The fourth-order valence-electron chi connectivity index (χ4n) is 2.43. The molecule has 1 aliphatic rings. The predicted octanol–water partition coefficient (Wildman–Crippen LogP) is 2.10. The zero-order chi connectivity index (χ0) is 23.3. The van der Waals surface area contributed by atoms with Gasteiger partial charge in [0.15, 0.2) is 0 Å². The first-order chi connectivity index (χ1) is 14.3.